The number of nitro groups is 1. The van der Waals surface area contributed by atoms with Crippen molar-refractivity contribution in [3.05, 3.63) is 10.1 Å². The van der Waals surface area contributed by atoms with Gasteiger partial charge in [-0.3, -0.25) is 10.1 Å². The van der Waals surface area contributed by atoms with Crippen LogP contribution in [0.1, 0.15) is 6.92 Å². The molecule has 0 aromatic carbocycles. The number of hydrogen-bond acceptors (Lipinski definition) is 2. The van der Waals surface area contributed by atoms with Crippen molar-refractivity contribution < 1.29 is 4.92 Å². The molecule has 0 aromatic heterocycles. The highest BCUT2D eigenvalue weighted by molar-refractivity contribution is 6.18. The minimum atomic E-state index is -0.610. The Balaban J connectivity index is 3.34. The average molecular weight is 124 g/mol. The van der Waals surface area contributed by atoms with E-state index in [2.05, 4.69) is 0 Å². The number of rotatable bonds is 2. The van der Waals surface area contributed by atoms with Crippen LogP contribution in [0.4, 0.5) is 0 Å². The van der Waals surface area contributed by atoms with Crippen LogP contribution in [0.3, 0.4) is 0 Å². The zero-order chi connectivity index (χ0) is 5.86. The molecule has 0 aliphatic carbocycles. The van der Waals surface area contributed by atoms with E-state index in [9.17, 15) is 10.1 Å². The third kappa shape index (κ3) is 2.39. The molecule has 0 spiro atoms. The van der Waals surface area contributed by atoms with Crippen LogP contribution in [0, 0.1) is 10.1 Å². The number of nitrogens with zero attached hydrogens (tertiary/aromatic N) is 1. The third-order valence-electron chi connectivity index (χ3n) is 0.583. The summed E-state index contributed by atoms with van der Waals surface area (Å²) in [6.45, 7) is 1.47. The van der Waals surface area contributed by atoms with Crippen molar-refractivity contribution in [2.24, 2.45) is 0 Å². The van der Waals surface area contributed by atoms with Crippen molar-refractivity contribution in [3.8, 4) is 0 Å². The van der Waals surface area contributed by atoms with Gasteiger partial charge in [0.05, 0.1) is 5.88 Å². The molecule has 0 aromatic rings. The Morgan fingerprint density at radius 3 is 2.43 bits per heavy atom. The van der Waals surface area contributed by atoms with E-state index >= 15 is 0 Å². The van der Waals surface area contributed by atoms with E-state index in [4.69, 9.17) is 11.6 Å². The first-order valence-electron chi connectivity index (χ1n) is 1.88. The van der Waals surface area contributed by atoms with Crippen LogP contribution >= 0.6 is 11.6 Å². The quantitative estimate of drug-likeness (QED) is 0.311. The van der Waals surface area contributed by atoms with Crippen LogP contribution in [-0.4, -0.2) is 16.8 Å². The van der Waals surface area contributed by atoms with Crippen LogP contribution in [0.2, 0.25) is 0 Å². The first-order chi connectivity index (χ1) is 3.18. The topological polar surface area (TPSA) is 43.1 Å². The predicted octanol–water partition coefficient (Wildman–Crippen LogP) is 0.890. The first kappa shape index (κ1) is 6.69. The smallest absolute Gasteiger partial charge is 0.223 e. The van der Waals surface area contributed by atoms with Crippen molar-refractivity contribution in [1.29, 1.82) is 0 Å². The predicted molar refractivity (Wildman–Crippen MR) is 27.2 cm³/mol. The Morgan fingerprint density at radius 1 is 2.00 bits per heavy atom. The lowest BCUT2D eigenvalue weighted by molar-refractivity contribution is -0.512. The van der Waals surface area contributed by atoms with E-state index < -0.39 is 11.0 Å². The van der Waals surface area contributed by atoms with Crippen LogP contribution in [0.15, 0.2) is 0 Å². The molecule has 0 unspecified atom stereocenters. The number of hydrogen-bond donors (Lipinski definition) is 0. The second-order valence-electron chi connectivity index (χ2n) is 1.29. The van der Waals surface area contributed by atoms with Crippen molar-refractivity contribution in [2.75, 3.05) is 5.88 Å². The summed E-state index contributed by atoms with van der Waals surface area (Å²) in [7, 11) is 0. The standard InChI is InChI=1S/C3H6ClNO2/c1-3(2-4)5(6)7/h3H,2H2,1H3/t3-/m1/s1. The lowest BCUT2D eigenvalue weighted by Crippen LogP contribution is -2.15. The second-order valence-corrected chi connectivity index (χ2v) is 1.60. The average Bonchev–Trinajstić information content (AvgIpc) is 1.65. The first-order valence-corrected chi connectivity index (χ1v) is 2.41. The fourth-order valence-corrected chi connectivity index (χ4v) is 0.169. The van der Waals surface area contributed by atoms with Gasteiger partial charge < -0.3 is 0 Å². The Morgan fingerprint density at radius 2 is 2.43 bits per heavy atom. The molecular weight excluding hydrogens is 117 g/mol. The highest BCUT2D eigenvalue weighted by Gasteiger charge is 2.08. The number of halogens is 1. The highest BCUT2D eigenvalue weighted by Crippen LogP contribution is 1.89. The van der Waals surface area contributed by atoms with Crippen molar-refractivity contribution in [2.45, 2.75) is 13.0 Å². The van der Waals surface area contributed by atoms with E-state index in [0.29, 0.717) is 0 Å². The van der Waals surface area contributed by atoms with Crippen molar-refractivity contribution in [1.82, 2.24) is 0 Å². The molecule has 4 heteroatoms. The zero-order valence-electron chi connectivity index (χ0n) is 3.93. The Labute approximate surface area is 46.4 Å². The molecule has 0 bridgehead atoms. The van der Waals surface area contributed by atoms with Gasteiger partial charge in [0.15, 0.2) is 0 Å². The lowest BCUT2D eigenvalue weighted by atomic mass is 10.4. The van der Waals surface area contributed by atoms with Crippen LogP contribution in [0.5, 0.6) is 0 Å². The van der Waals surface area contributed by atoms with Crippen molar-refractivity contribution in [3.63, 3.8) is 0 Å². The molecule has 0 rings (SSSR count). The molecule has 0 saturated carbocycles. The summed E-state index contributed by atoms with van der Waals surface area (Å²) >= 11 is 5.11. The van der Waals surface area contributed by atoms with E-state index in [0.717, 1.165) is 0 Å². The monoisotopic (exact) mass is 123 g/mol. The van der Waals surface area contributed by atoms with Gasteiger partial charge in [0.25, 0.3) is 0 Å². The van der Waals surface area contributed by atoms with Gasteiger partial charge in [-0.1, -0.05) is 0 Å². The van der Waals surface area contributed by atoms with Gasteiger partial charge in [-0.25, -0.2) is 0 Å². The minimum Gasteiger partial charge on any atom is -0.264 e. The van der Waals surface area contributed by atoms with E-state index in [1.165, 1.54) is 6.92 Å². The minimum absolute atomic E-state index is 0.0903. The summed E-state index contributed by atoms with van der Waals surface area (Å²) in [5, 5.41) is 9.65. The highest BCUT2D eigenvalue weighted by atomic mass is 35.5. The van der Waals surface area contributed by atoms with Crippen LogP contribution in [-0.2, 0) is 0 Å². The zero-order valence-corrected chi connectivity index (χ0v) is 4.68. The van der Waals surface area contributed by atoms with Gasteiger partial charge in [-0.2, -0.15) is 0 Å². The third-order valence-corrected chi connectivity index (χ3v) is 1.03. The van der Waals surface area contributed by atoms with E-state index in [-0.39, 0.29) is 5.88 Å². The molecule has 0 amide bonds. The van der Waals surface area contributed by atoms with Crippen LogP contribution in [0.25, 0.3) is 0 Å². The molecule has 0 heterocycles. The lowest BCUT2D eigenvalue weighted by Gasteiger charge is -1.93. The SMILES string of the molecule is C[C@H](CCl)[N+](=O)[O-]. The second kappa shape index (κ2) is 2.80. The molecule has 0 aliphatic heterocycles. The summed E-state index contributed by atoms with van der Waals surface area (Å²) < 4.78 is 0. The molecule has 0 N–H and O–H groups in total. The van der Waals surface area contributed by atoms with E-state index in [1.807, 2.05) is 0 Å². The molecule has 0 saturated heterocycles. The Hall–Kier alpha value is -0.310. The molecule has 3 nitrogen and oxygen atoms in total. The summed E-state index contributed by atoms with van der Waals surface area (Å²) in [5.41, 5.74) is 0. The Kier molecular flexibility index (Phi) is 2.67. The fraction of sp³-hybridized carbons (Fsp3) is 1.00. The van der Waals surface area contributed by atoms with E-state index in [1.54, 1.807) is 0 Å². The van der Waals surface area contributed by atoms with Gasteiger partial charge in [0.1, 0.15) is 0 Å². The molecule has 1 atom stereocenters. The summed E-state index contributed by atoms with van der Waals surface area (Å²) in [6.07, 6.45) is 0. The number of alkyl halides is 1. The Bertz CT molecular complexity index is 75.3. The maximum Gasteiger partial charge on any atom is 0.223 e. The fourth-order valence-electron chi connectivity index (χ4n) is 0.0563. The van der Waals surface area contributed by atoms with Gasteiger partial charge in [-0.05, 0) is 0 Å². The molecule has 0 fully saturated rings. The van der Waals surface area contributed by atoms with Crippen molar-refractivity contribution >= 4 is 11.6 Å². The molecule has 0 aliphatic rings. The molecule has 42 valence electrons. The summed E-state index contributed by atoms with van der Waals surface area (Å²) in [5.74, 6) is 0.0903. The van der Waals surface area contributed by atoms with Gasteiger partial charge in [0.2, 0.25) is 6.04 Å². The summed E-state index contributed by atoms with van der Waals surface area (Å²) in [4.78, 5) is 9.24. The molecule has 0 radical (unpaired) electrons. The normalized spacial score (nSPS) is 13.4. The summed E-state index contributed by atoms with van der Waals surface area (Å²) in [6, 6.07) is -0.610. The molecular formula is C3H6ClNO2. The van der Waals surface area contributed by atoms with Crippen LogP contribution < -0.4 is 0 Å². The largest absolute Gasteiger partial charge is 0.264 e. The maximum atomic E-state index is 9.65. The van der Waals surface area contributed by atoms with Gasteiger partial charge >= 0.3 is 0 Å². The van der Waals surface area contributed by atoms with Gasteiger partial charge in [-0.15, -0.1) is 11.6 Å². The molecule has 7 heavy (non-hydrogen) atoms. The maximum absolute atomic E-state index is 9.65. The van der Waals surface area contributed by atoms with Gasteiger partial charge in [0, 0.05) is 11.8 Å².